The van der Waals surface area contributed by atoms with Crippen molar-refractivity contribution in [2.75, 3.05) is 18.1 Å². The van der Waals surface area contributed by atoms with Gasteiger partial charge >= 0.3 is 0 Å². The first-order valence-corrected chi connectivity index (χ1v) is 13.6. The Bertz CT molecular complexity index is 1130. The summed E-state index contributed by atoms with van der Waals surface area (Å²) in [5.74, 6) is 1.08. The molecule has 1 aliphatic carbocycles. The van der Waals surface area contributed by atoms with E-state index in [-0.39, 0.29) is 22.0 Å². The molecule has 1 unspecified atom stereocenters. The Hall–Kier alpha value is -2.68. The highest BCUT2D eigenvalue weighted by atomic mass is 32.2. The number of nitrogens with zero attached hydrogens (tertiary/aromatic N) is 3. The lowest BCUT2D eigenvalue weighted by molar-refractivity contribution is 0.0981. The van der Waals surface area contributed by atoms with E-state index < -0.39 is 15.9 Å². The minimum atomic E-state index is -4.19. The summed E-state index contributed by atoms with van der Waals surface area (Å²) in [5, 5.41) is -0.250. The lowest BCUT2D eigenvalue weighted by Gasteiger charge is -2.36. The van der Waals surface area contributed by atoms with Crippen LogP contribution in [0.15, 0.2) is 41.6 Å². The quantitative estimate of drug-likeness (QED) is 0.597. The third-order valence-electron chi connectivity index (χ3n) is 7.43. The van der Waals surface area contributed by atoms with Crippen LogP contribution in [-0.4, -0.2) is 43.0 Å². The van der Waals surface area contributed by atoms with E-state index in [2.05, 4.69) is 40.4 Å². The van der Waals surface area contributed by atoms with E-state index in [4.69, 9.17) is 4.74 Å². The molecule has 184 valence electrons. The Morgan fingerprint density at radius 1 is 1.18 bits per heavy atom. The van der Waals surface area contributed by atoms with Gasteiger partial charge in [-0.05, 0) is 56.7 Å². The van der Waals surface area contributed by atoms with Gasteiger partial charge < -0.3 is 9.64 Å². The van der Waals surface area contributed by atoms with Crippen LogP contribution in [0.2, 0.25) is 0 Å². The van der Waals surface area contributed by atoms with Crippen molar-refractivity contribution in [1.29, 1.82) is 0 Å². The largest absolute Gasteiger partial charge is 0.478 e. The maximum Gasteiger partial charge on any atom is 0.281 e. The average molecular weight is 487 g/mol. The number of carbonyl (C=O) groups is 1. The maximum atomic E-state index is 13.1. The number of hydrogen-bond donors (Lipinski definition) is 1. The number of amides is 1. The molecule has 1 saturated carbocycles. The zero-order valence-corrected chi connectivity index (χ0v) is 21.0. The highest BCUT2D eigenvalue weighted by Gasteiger charge is 2.40. The number of carbonyl (C=O) groups excluding carboxylic acids is 1. The number of nitrogens with one attached hydrogen (secondary N) is 1. The molecule has 3 heterocycles. The molecule has 0 aromatic carbocycles. The lowest BCUT2D eigenvalue weighted by Crippen LogP contribution is -2.43. The van der Waals surface area contributed by atoms with Gasteiger partial charge in [-0.25, -0.2) is 9.71 Å². The van der Waals surface area contributed by atoms with Crippen molar-refractivity contribution >= 4 is 21.7 Å². The van der Waals surface area contributed by atoms with E-state index >= 15 is 0 Å². The van der Waals surface area contributed by atoms with Gasteiger partial charge in [-0.1, -0.05) is 38.7 Å². The number of hydrogen-bond acceptors (Lipinski definition) is 7. The number of aromatic nitrogens is 2. The average Bonchev–Trinajstić information content (AvgIpc) is 3.41. The Labute approximate surface area is 202 Å². The van der Waals surface area contributed by atoms with Gasteiger partial charge in [0.25, 0.3) is 15.9 Å². The topological polar surface area (TPSA) is 101 Å². The molecule has 1 aliphatic heterocycles. The highest BCUT2D eigenvalue weighted by molar-refractivity contribution is 7.90. The van der Waals surface area contributed by atoms with Gasteiger partial charge in [-0.3, -0.25) is 4.79 Å². The summed E-state index contributed by atoms with van der Waals surface area (Å²) >= 11 is 0. The molecule has 9 heteroatoms. The molecule has 1 N–H and O–H groups in total. The Morgan fingerprint density at radius 2 is 1.94 bits per heavy atom. The number of ether oxygens (including phenoxy) is 1. The summed E-state index contributed by atoms with van der Waals surface area (Å²) in [7, 11) is -4.19. The smallest absolute Gasteiger partial charge is 0.281 e. The van der Waals surface area contributed by atoms with Gasteiger partial charge in [0, 0.05) is 24.3 Å². The van der Waals surface area contributed by atoms with Crippen LogP contribution >= 0.6 is 0 Å². The summed E-state index contributed by atoms with van der Waals surface area (Å²) in [5.41, 5.74) is 0.0192. The first-order valence-electron chi connectivity index (χ1n) is 12.1. The molecule has 2 aromatic heterocycles. The molecule has 0 spiro atoms. The van der Waals surface area contributed by atoms with Crippen molar-refractivity contribution in [2.45, 2.75) is 69.9 Å². The van der Waals surface area contributed by atoms with Crippen LogP contribution in [0, 0.1) is 11.8 Å². The number of anilines is 1. The minimum Gasteiger partial charge on any atom is -0.478 e. The molecule has 0 bridgehead atoms. The van der Waals surface area contributed by atoms with Crippen LogP contribution in [0.1, 0.15) is 69.7 Å². The van der Waals surface area contributed by atoms with Crippen molar-refractivity contribution in [3.05, 3.63) is 42.1 Å². The molecule has 0 radical (unpaired) electrons. The van der Waals surface area contributed by atoms with E-state index in [0.717, 1.165) is 19.4 Å². The standard InChI is InChI=1S/C25H34N4O4S/c1-18-13-16-29(25(18,2)3)23-20(10-7-15-26-23)24(30)28-34(31,32)22-12-6-11-21(27-22)33-17-14-19-8-4-5-9-19/h6-7,10-12,15,18-19H,4-5,8-9,13-14,16-17H2,1-3H3,(H,28,30). The van der Waals surface area contributed by atoms with Gasteiger partial charge in [0.05, 0.1) is 12.2 Å². The van der Waals surface area contributed by atoms with Gasteiger partial charge in [-0.15, -0.1) is 0 Å². The van der Waals surface area contributed by atoms with Crippen LogP contribution in [0.25, 0.3) is 0 Å². The maximum absolute atomic E-state index is 13.1. The van der Waals surface area contributed by atoms with Crippen molar-refractivity contribution in [3.63, 3.8) is 0 Å². The summed E-state index contributed by atoms with van der Waals surface area (Å²) < 4.78 is 33.8. The summed E-state index contributed by atoms with van der Waals surface area (Å²) in [6, 6.07) is 7.79. The summed E-state index contributed by atoms with van der Waals surface area (Å²) in [6.45, 7) is 7.64. The van der Waals surface area contributed by atoms with Crippen LogP contribution in [-0.2, 0) is 10.0 Å². The second-order valence-corrected chi connectivity index (χ2v) is 11.5. The highest BCUT2D eigenvalue weighted by Crippen LogP contribution is 2.38. The molecule has 2 aromatic rings. The molecule has 34 heavy (non-hydrogen) atoms. The molecule has 8 nitrogen and oxygen atoms in total. The third-order valence-corrected chi connectivity index (χ3v) is 8.66. The monoisotopic (exact) mass is 486 g/mol. The predicted molar refractivity (Wildman–Crippen MR) is 130 cm³/mol. The summed E-state index contributed by atoms with van der Waals surface area (Å²) in [4.78, 5) is 23.7. The molecular weight excluding hydrogens is 452 g/mol. The van der Waals surface area contributed by atoms with Gasteiger partial charge in [0.2, 0.25) is 5.88 Å². The summed E-state index contributed by atoms with van der Waals surface area (Å²) in [6.07, 6.45) is 8.51. The van der Waals surface area contributed by atoms with Crippen molar-refractivity contribution < 1.29 is 17.9 Å². The van der Waals surface area contributed by atoms with E-state index in [1.807, 2.05) is 0 Å². The van der Waals surface area contributed by atoms with Crippen LogP contribution < -0.4 is 14.4 Å². The number of sulfonamides is 1. The fraction of sp³-hybridized carbons (Fsp3) is 0.560. The van der Waals surface area contributed by atoms with Crippen molar-refractivity contribution in [1.82, 2.24) is 14.7 Å². The van der Waals surface area contributed by atoms with Gasteiger partial charge in [0.15, 0.2) is 5.03 Å². The fourth-order valence-electron chi connectivity index (χ4n) is 4.88. The predicted octanol–water partition coefficient (Wildman–Crippen LogP) is 4.18. The van der Waals surface area contributed by atoms with E-state index in [1.54, 1.807) is 30.5 Å². The molecular formula is C25H34N4O4S. The molecule has 4 rings (SSSR count). The van der Waals surface area contributed by atoms with Crippen molar-refractivity contribution in [2.24, 2.45) is 11.8 Å². The van der Waals surface area contributed by atoms with Crippen molar-refractivity contribution in [3.8, 4) is 5.88 Å². The van der Waals surface area contributed by atoms with Crippen LogP contribution in [0.5, 0.6) is 5.88 Å². The number of pyridine rings is 2. The molecule has 1 atom stereocenters. The van der Waals surface area contributed by atoms with Gasteiger partial charge in [0.1, 0.15) is 5.82 Å². The Balaban J connectivity index is 1.47. The van der Waals surface area contributed by atoms with E-state index in [0.29, 0.717) is 24.3 Å². The second-order valence-electron chi connectivity index (χ2n) is 9.91. The molecule has 1 amide bonds. The SMILES string of the molecule is CC1CCN(c2ncccc2C(=O)NS(=O)(=O)c2cccc(OCCC3CCCC3)n2)C1(C)C. The van der Waals surface area contributed by atoms with E-state index in [9.17, 15) is 13.2 Å². The van der Waals surface area contributed by atoms with Gasteiger partial charge in [-0.2, -0.15) is 13.4 Å². The Kier molecular flexibility index (Phi) is 7.12. The minimum absolute atomic E-state index is 0.200. The van der Waals surface area contributed by atoms with E-state index in [1.165, 1.54) is 31.7 Å². The molecule has 2 fully saturated rings. The molecule has 2 aliphatic rings. The Morgan fingerprint density at radius 3 is 2.65 bits per heavy atom. The van der Waals surface area contributed by atoms with Crippen LogP contribution in [0.4, 0.5) is 5.82 Å². The fourth-order valence-corrected chi connectivity index (χ4v) is 5.81. The number of rotatable bonds is 8. The normalized spacial score (nSPS) is 20.4. The second kappa shape index (κ2) is 9.90. The first-order chi connectivity index (χ1) is 16.2. The first kappa shape index (κ1) is 24.4. The lowest BCUT2D eigenvalue weighted by atomic mass is 9.90. The zero-order chi connectivity index (χ0) is 24.3. The van der Waals surface area contributed by atoms with Crippen LogP contribution in [0.3, 0.4) is 0 Å². The third kappa shape index (κ3) is 5.19. The zero-order valence-electron chi connectivity index (χ0n) is 20.2. The molecule has 1 saturated heterocycles.